The smallest absolute Gasteiger partial charge is 0.330 e. The first kappa shape index (κ1) is 15.9. The van der Waals surface area contributed by atoms with Gasteiger partial charge in [0.2, 0.25) is 0 Å². The number of ether oxygens (including phenoxy) is 2. The van der Waals surface area contributed by atoms with Crippen LogP contribution in [-0.4, -0.2) is 51.3 Å². The van der Waals surface area contributed by atoms with Gasteiger partial charge < -0.3 is 14.4 Å². The Kier molecular flexibility index (Phi) is 4.70. The normalized spacial score (nSPS) is 16.5. The molecule has 1 aliphatic heterocycles. The van der Waals surface area contributed by atoms with Crippen LogP contribution in [0.5, 0.6) is 5.75 Å². The molecule has 2 amide bonds. The second kappa shape index (κ2) is 6.51. The minimum atomic E-state index is -0.439. The number of rotatable bonds is 3. The molecule has 0 bridgehead atoms. The number of amides is 2. The number of carbonyl (C=O) groups excluding carboxylic acids is 2. The SMILES string of the molecule is COC(=O)/C=C/C1Cc2cc(OC)ccc2N1C(=O)N(C)C. The average Bonchev–Trinajstić information content (AvgIpc) is 2.88. The largest absolute Gasteiger partial charge is 0.497 e. The third-order valence-electron chi connectivity index (χ3n) is 3.55. The summed E-state index contributed by atoms with van der Waals surface area (Å²) in [6.07, 6.45) is 3.67. The summed E-state index contributed by atoms with van der Waals surface area (Å²) in [5.41, 5.74) is 1.84. The Balaban J connectivity index is 2.36. The standard InChI is InChI=1S/C16H20N2O4/c1-17(2)16(20)18-12(5-8-15(19)22-4)9-11-10-13(21-3)6-7-14(11)18/h5-8,10,12H,9H2,1-4H3/b8-5+. The van der Waals surface area contributed by atoms with Crippen LogP contribution in [0.1, 0.15) is 5.56 Å². The Hall–Kier alpha value is -2.50. The Morgan fingerprint density at radius 3 is 2.64 bits per heavy atom. The van der Waals surface area contributed by atoms with Crippen LogP contribution in [-0.2, 0) is 16.0 Å². The Morgan fingerprint density at radius 2 is 2.05 bits per heavy atom. The third-order valence-corrected chi connectivity index (χ3v) is 3.55. The highest BCUT2D eigenvalue weighted by Gasteiger charge is 2.33. The van der Waals surface area contributed by atoms with E-state index in [0.29, 0.717) is 6.42 Å². The van der Waals surface area contributed by atoms with Crippen molar-refractivity contribution in [1.82, 2.24) is 4.90 Å². The number of carbonyl (C=O) groups is 2. The summed E-state index contributed by atoms with van der Waals surface area (Å²) in [4.78, 5) is 27.0. The minimum Gasteiger partial charge on any atom is -0.497 e. The third kappa shape index (κ3) is 3.05. The first-order valence-electron chi connectivity index (χ1n) is 6.91. The Labute approximate surface area is 129 Å². The van der Waals surface area contributed by atoms with Gasteiger partial charge in [0.1, 0.15) is 5.75 Å². The summed E-state index contributed by atoms with van der Waals surface area (Å²) >= 11 is 0. The van der Waals surface area contributed by atoms with Gasteiger partial charge in [-0.2, -0.15) is 0 Å². The quantitative estimate of drug-likeness (QED) is 0.631. The molecule has 1 aromatic rings. The maximum atomic E-state index is 12.5. The maximum Gasteiger partial charge on any atom is 0.330 e. The van der Waals surface area contributed by atoms with E-state index in [1.54, 1.807) is 32.2 Å². The lowest BCUT2D eigenvalue weighted by Crippen LogP contribution is -2.43. The molecule has 2 rings (SSSR count). The van der Waals surface area contributed by atoms with Crippen LogP contribution in [0, 0.1) is 0 Å². The number of anilines is 1. The fourth-order valence-corrected chi connectivity index (χ4v) is 2.45. The van der Waals surface area contributed by atoms with Gasteiger partial charge in [0, 0.05) is 25.9 Å². The summed E-state index contributed by atoms with van der Waals surface area (Å²) in [6.45, 7) is 0. The van der Waals surface area contributed by atoms with Crippen molar-refractivity contribution in [2.24, 2.45) is 0 Å². The van der Waals surface area contributed by atoms with Gasteiger partial charge in [0.25, 0.3) is 0 Å². The van der Waals surface area contributed by atoms with E-state index >= 15 is 0 Å². The van der Waals surface area contributed by atoms with Crippen molar-refractivity contribution in [3.63, 3.8) is 0 Å². The molecule has 0 N–H and O–H groups in total. The van der Waals surface area contributed by atoms with Gasteiger partial charge in [-0.1, -0.05) is 6.08 Å². The predicted octanol–water partition coefficient (Wildman–Crippen LogP) is 1.84. The van der Waals surface area contributed by atoms with Crippen molar-refractivity contribution in [3.05, 3.63) is 35.9 Å². The zero-order valence-corrected chi connectivity index (χ0v) is 13.2. The molecule has 0 saturated carbocycles. The molecule has 1 unspecified atom stereocenters. The van der Waals surface area contributed by atoms with E-state index in [-0.39, 0.29) is 12.1 Å². The van der Waals surface area contributed by atoms with Crippen LogP contribution in [0.3, 0.4) is 0 Å². The Morgan fingerprint density at radius 1 is 1.32 bits per heavy atom. The van der Waals surface area contributed by atoms with Crippen LogP contribution < -0.4 is 9.64 Å². The second-order valence-corrected chi connectivity index (χ2v) is 5.20. The van der Waals surface area contributed by atoms with E-state index in [0.717, 1.165) is 17.0 Å². The van der Waals surface area contributed by atoms with Crippen molar-refractivity contribution in [3.8, 4) is 5.75 Å². The summed E-state index contributed by atoms with van der Waals surface area (Å²) in [5.74, 6) is 0.305. The van der Waals surface area contributed by atoms with E-state index in [4.69, 9.17) is 4.74 Å². The van der Waals surface area contributed by atoms with Gasteiger partial charge >= 0.3 is 12.0 Å². The number of esters is 1. The van der Waals surface area contributed by atoms with E-state index in [9.17, 15) is 9.59 Å². The van der Waals surface area contributed by atoms with Gasteiger partial charge in [-0.25, -0.2) is 9.59 Å². The number of fused-ring (bicyclic) bond motifs is 1. The number of urea groups is 1. The van der Waals surface area contributed by atoms with Gasteiger partial charge in [-0.05, 0) is 30.2 Å². The predicted molar refractivity (Wildman–Crippen MR) is 83.2 cm³/mol. The summed E-state index contributed by atoms with van der Waals surface area (Å²) in [7, 11) is 6.33. The van der Waals surface area contributed by atoms with E-state index in [1.807, 2.05) is 18.2 Å². The first-order chi connectivity index (χ1) is 10.5. The summed E-state index contributed by atoms with van der Waals surface area (Å²) in [5, 5.41) is 0. The number of nitrogens with zero attached hydrogens (tertiary/aromatic N) is 2. The molecular weight excluding hydrogens is 284 g/mol. The van der Waals surface area contributed by atoms with Gasteiger partial charge in [0.15, 0.2) is 0 Å². The van der Waals surface area contributed by atoms with Crippen molar-refractivity contribution in [2.45, 2.75) is 12.5 Å². The van der Waals surface area contributed by atoms with Gasteiger partial charge in [-0.15, -0.1) is 0 Å². The fraction of sp³-hybridized carbons (Fsp3) is 0.375. The highest BCUT2D eigenvalue weighted by Crippen LogP contribution is 2.35. The van der Waals surface area contributed by atoms with E-state index < -0.39 is 5.97 Å². The lowest BCUT2D eigenvalue weighted by Gasteiger charge is -2.26. The number of hydrogen-bond donors (Lipinski definition) is 0. The number of methoxy groups -OCH3 is 2. The van der Waals surface area contributed by atoms with Crippen LogP contribution >= 0.6 is 0 Å². The monoisotopic (exact) mass is 304 g/mol. The van der Waals surface area contributed by atoms with Crippen molar-refractivity contribution in [2.75, 3.05) is 33.2 Å². The lowest BCUT2D eigenvalue weighted by molar-refractivity contribution is -0.134. The van der Waals surface area contributed by atoms with Crippen LogP contribution in [0.25, 0.3) is 0 Å². The fourth-order valence-electron chi connectivity index (χ4n) is 2.45. The maximum absolute atomic E-state index is 12.5. The molecule has 0 aliphatic carbocycles. The van der Waals surface area contributed by atoms with E-state index in [2.05, 4.69) is 4.74 Å². The molecule has 1 atom stereocenters. The molecule has 6 heteroatoms. The molecule has 0 saturated heterocycles. The second-order valence-electron chi connectivity index (χ2n) is 5.20. The average molecular weight is 304 g/mol. The molecule has 6 nitrogen and oxygen atoms in total. The molecule has 0 radical (unpaired) electrons. The molecule has 1 aliphatic rings. The number of benzene rings is 1. The molecule has 1 aromatic carbocycles. The van der Waals surface area contributed by atoms with Crippen LogP contribution in [0.15, 0.2) is 30.4 Å². The molecule has 1 heterocycles. The molecule has 0 fully saturated rings. The molecule has 0 aromatic heterocycles. The summed E-state index contributed by atoms with van der Waals surface area (Å²) < 4.78 is 9.83. The Bertz CT molecular complexity index is 610. The lowest BCUT2D eigenvalue weighted by atomic mass is 10.1. The molecular formula is C16H20N2O4. The molecule has 0 spiro atoms. The van der Waals surface area contributed by atoms with Crippen LogP contribution in [0.4, 0.5) is 10.5 Å². The zero-order valence-electron chi connectivity index (χ0n) is 13.2. The van der Waals surface area contributed by atoms with Crippen molar-refractivity contribution >= 4 is 17.7 Å². The van der Waals surface area contributed by atoms with Crippen molar-refractivity contribution < 1.29 is 19.1 Å². The van der Waals surface area contributed by atoms with Crippen molar-refractivity contribution in [1.29, 1.82) is 0 Å². The van der Waals surface area contributed by atoms with Gasteiger partial charge in [-0.3, -0.25) is 4.90 Å². The summed E-state index contributed by atoms with van der Waals surface area (Å²) in [6, 6.07) is 5.24. The van der Waals surface area contributed by atoms with Gasteiger partial charge in [0.05, 0.1) is 20.3 Å². The van der Waals surface area contributed by atoms with Crippen LogP contribution in [0.2, 0.25) is 0 Å². The molecule has 22 heavy (non-hydrogen) atoms. The first-order valence-corrected chi connectivity index (χ1v) is 6.91. The molecule has 118 valence electrons. The highest BCUT2D eigenvalue weighted by molar-refractivity contribution is 5.95. The topological polar surface area (TPSA) is 59.1 Å². The number of hydrogen-bond acceptors (Lipinski definition) is 4. The zero-order chi connectivity index (χ0) is 16.3. The van der Waals surface area contributed by atoms with E-state index in [1.165, 1.54) is 18.1 Å². The highest BCUT2D eigenvalue weighted by atomic mass is 16.5. The minimum absolute atomic E-state index is 0.136.